The Hall–Kier alpha value is -2.00. The van der Waals surface area contributed by atoms with Gasteiger partial charge in [-0.2, -0.15) is 0 Å². The summed E-state index contributed by atoms with van der Waals surface area (Å²) in [6.45, 7) is 8.38. The molecule has 2 heterocycles. The number of methoxy groups -OCH3 is 1. The van der Waals surface area contributed by atoms with Crippen molar-refractivity contribution >= 4 is 5.69 Å². The van der Waals surface area contributed by atoms with Gasteiger partial charge in [0.25, 0.3) is 0 Å². The van der Waals surface area contributed by atoms with Gasteiger partial charge in [0.1, 0.15) is 5.75 Å². The van der Waals surface area contributed by atoms with E-state index in [1.54, 1.807) is 7.11 Å². The largest absolute Gasteiger partial charge is 0.497 e. The fourth-order valence-electron chi connectivity index (χ4n) is 4.77. The number of hydrogen-bond acceptors (Lipinski definition) is 3. The molecule has 0 amide bonds. The lowest BCUT2D eigenvalue weighted by atomic mass is 9.94. The second kappa shape index (κ2) is 8.35. The van der Waals surface area contributed by atoms with E-state index in [9.17, 15) is 0 Å². The summed E-state index contributed by atoms with van der Waals surface area (Å²) < 4.78 is 5.30. The van der Waals surface area contributed by atoms with Crippen LogP contribution < -0.4 is 9.64 Å². The minimum Gasteiger partial charge on any atom is -0.497 e. The van der Waals surface area contributed by atoms with Crippen molar-refractivity contribution in [1.82, 2.24) is 4.90 Å². The highest BCUT2D eigenvalue weighted by Gasteiger charge is 2.30. The topological polar surface area (TPSA) is 15.7 Å². The van der Waals surface area contributed by atoms with Crippen LogP contribution in [0.4, 0.5) is 5.69 Å². The van der Waals surface area contributed by atoms with Gasteiger partial charge in [-0.25, -0.2) is 0 Å². The maximum Gasteiger partial charge on any atom is 0.118 e. The Balaban J connectivity index is 1.44. The highest BCUT2D eigenvalue weighted by Crippen LogP contribution is 2.39. The Bertz CT molecular complexity index is 734. The van der Waals surface area contributed by atoms with E-state index < -0.39 is 0 Å². The highest BCUT2D eigenvalue weighted by atomic mass is 16.5. The van der Waals surface area contributed by atoms with Crippen molar-refractivity contribution in [2.45, 2.75) is 32.1 Å². The highest BCUT2D eigenvalue weighted by molar-refractivity contribution is 5.60. The van der Waals surface area contributed by atoms with E-state index in [-0.39, 0.29) is 0 Å². The summed E-state index contributed by atoms with van der Waals surface area (Å²) in [6.07, 6.45) is 3.79. The van der Waals surface area contributed by atoms with Gasteiger partial charge in [-0.3, -0.25) is 0 Å². The summed E-state index contributed by atoms with van der Waals surface area (Å²) in [4.78, 5) is 5.25. The number of rotatable bonds is 6. The fraction of sp³-hybridized carbons (Fsp3) is 0.500. The third-order valence-corrected chi connectivity index (χ3v) is 6.43. The molecule has 0 radical (unpaired) electrons. The average Bonchev–Trinajstić information content (AvgIpc) is 3.06. The van der Waals surface area contributed by atoms with Crippen molar-refractivity contribution in [3.05, 3.63) is 59.7 Å². The van der Waals surface area contributed by atoms with Gasteiger partial charge in [-0.15, -0.1) is 0 Å². The van der Waals surface area contributed by atoms with Crippen molar-refractivity contribution in [3.8, 4) is 5.75 Å². The summed E-state index contributed by atoms with van der Waals surface area (Å²) in [5.74, 6) is 2.36. The number of para-hydroxylation sites is 1. The van der Waals surface area contributed by atoms with Crippen molar-refractivity contribution in [3.63, 3.8) is 0 Å². The summed E-state index contributed by atoms with van der Waals surface area (Å²) >= 11 is 0. The molecule has 2 aliphatic heterocycles. The molecule has 2 aromatic carbocycles. The number of piperidine rings is 1. The third kappa shape index (κ3) is 4.14. The monoisotopic (exact) mass is 364 g/mol. The molecule has 1 saturated heterocycles. The number of fused-ring (bicyclic) bond motifs is 1. The summed E-state index contributed by atoms with van der Waals surface area (Å²) in [6, 6.07) is 17.6. The SMILES string of the molecule is CCN1CCC(CN2CC(Cc3ccc(OC)cc3)c3ccccc32)CC1. The lowest BCUT2D eigenvalue weighted by Gasteiger charge is -2.34. The predicted octanol–water partition coefficient (Wildman–Crippen LogP) is 4.57. The summed E-state index contributed by atoms with van der Waals surface area (Å²) in [7, 11) is 1.73. The first kappa shape index (κ1) is 18.4. The molecule has 0 aromatic heterocycles. The van der Waals surface area contributed by atoms with Crippen molar-refractivity contribution in [2.24, 2.45) is 5.92 Å². The number of anilines is 1. The molecule has 1 atom stereocenters. The molecular formula is C24H32N2O. The Kier molecular flexibility index (Phi) is 5.68. The standard InChI is InChI=1S/C24H32N2O/c1-3-25-14-12-20(13-15-25)17-26-18-21(23-6-4-5-7-24(23)26)16-19-8-10-22(27-2)11-9-19/h4-11,20-21H,3,12-18H2,1-2H3. The average molecular weight is 365 g/mol. The smallest absolute Gasteiger partial charge is 0.118 e. The maximum absolute atomic E-state index is 5.30. The van der Waals surface area contributed by atoms with Gasteiger partial charge in [0.15, 0.2) is 0 Å². The molecule has 2 aromatic rings. The maximum atomic E-state index is 5.30. The molecule has 4 rings (SSSR count). The van der Waals surface area contributed by atoms with Crippen LogP contribution in [0.2, 0.25) is 0 Å². The molecule has 2 aliphatic rings. The van der Waals surface area contributed by atoms with Gasteiger partial charge < -0.3 is 14.5 Å². The quantitative estimate of drug-likeness (QED) is 0.746. The van der Waals surface area contributed by atoms with Crippen LogP contribution in [0.5, 0.6) is 5.75 Å². The van der Waals surface area contributed by atoms with Gasteiger partial charge in [0, 0.05) is 24.7 Å². The fourth-order valence-corrected chi connectivity index (χ4v) is 4.77. The molecule has 3 nitrogen and oxygen atoms in total. The van der Waals surface area contributed by atoms with E-state index in [1.165, 1.54) is 55.8 Å². The molecule has 0 saturated carbocycles. The Labute approximate surface area is 163 Å². The molecule has 0 bridgehead atoms. The molecule has 0 spiro atoms. The lowest BCUT2D eigenvalue weighted by molar-refractivity contribution is 0.194. The molecule has 1 unspecified atom stereocenters. The van der Waals surface area contributed by atoms with Gasteiger partial charge in [0.2, 0.25) is 0 Å². The molecular weight excluding hydrogens is 332 g/mol. The van der Waals surface area contributed by atoms with Gasteiger partial charge in [-0.1, -0.05) is 37.3 Å². The van der Waals surface area contributed by atoms with E-state index in [0.717, 1.165) is 24.6 Å². The zero-order chi connectivity index (χ0) is 18.6. The van der Waals surface area contributed by atoms with E-state index in [4.69, 9.17) is 4.74 Å². The first-order valence-electron chi connectivity index (χ1n) is 10.5. The molecule has 0 aliphatic carbocycles. The van der Waals surface area contributed by atoms with E-state index in [0.29, 0.717) is 5.92 Å². The number of benzene rings is 2. The van der Waals surface area contributed by atoms with E-state index >= 15 is 0 Å². The number of hydrogen-bond donors (Lipinski definition) is 0. The first-order valence-corrected chi connectivity index (χ1v) is 10.5. The second-order valence-electron chi connectivity index (χ2n) is 8.09. The number of ether oxygens (including phenoxy) is 1. The van der Waals surface area contributed by atoms with Gasteiger partial charge >= 0.3 is 0 Å². The predicted molar refractivity (Wildman–Crippen MR) is 113 cm³/mol. The number of likely N-dealkylation sites (tertiary alicyclic amines) is 1. The van der Waals surface area contributed by atoms with Crippen LogP contribution in [0, 0.1) is 5.92 Å². The van der Waals surface area contributed by atoms with Crippen LogP contribution >= 0.6 is 0 Å². The Morgan fingerprint density at radius 1 is 1.00 bits per heavy atom. The molecule has 1 fully saturated rings. The Morgan fingerprint density at radius 2 is 1.74 bits per heavy atom. The van der Waals surface area contributed by atoms with E-state index in [1.807, 2.05) is 0 Å². The molecule has 27 heavy (non-hydrogen) atoms. The molecule has 3 heteroatoms. The van der Waals surface area contributed by atoms with Crippen LogP contribution in [0.25, 0.3) is 0 Å². The minimum absolute atomic E-state index is 0.588. The zero-order valence-electron chi connectivity index (χ0n) is 16.7. The van der Waals surface area contributed by atoms with E-state index in [2.05, 4.69) is 65.3 Å². The first-order chi connectivity index (χ1) is 13.3. The van der Waals surface area contributed by atoms with Crippen molar-refractivity contribution in [1.29, 1.82) is 0 Å². The lowest BCUT2D eigenvalue weighted by Crippen LogP contribution is -2.38. The van der Waals surface area contributed by atoms with Crippen molar-refractivity contribution in [2.75, 3.05) is 44.7 Å². The Morgan fingerprint density at radius 3 is 2.44 bits per heavy atom. The summed E-state index contributed by atoms with van der Waals surface area (Å²) in [5.41, 5.74) is 4.39. The molecule has 144 valence electrons. The summed E-state index contributed by atoms with van der Waals surface area (Å²) in [5, 5.41) is 0. The zero-order valence-corrected chi connectivity index (χ0v) is 16.7. The van der Waals surface area contributed by atoms with Crippen molar-refractivity contribution < 1.29 is 4.74 Å². The van der Waals surface area contributed by atoms with Gasteiger partial charge in [-0.05, 0) is 74.1 Å². The minimum atomic E-state index is 0.588. The number of nitrogens with zero attached hydrogens (tertiary/aromatic N) is 2. The normalized spacial score (nSPS) is 20.7. The second-order valence-corrected chi connectivity index (χ2v) is 8.09. The van der Waals surface area contributed by atoms with Crippen LogP contribution in [0.3, 0.4) is 0 Å². The van der Waals surface area contributed by atoms with Crippen LogP contribution in [0.15, 0.2) is 48.5 Å². The third-order valence-electron chi connectivity index (χ3n) is 6.43. The van der Waals surface area contributed by atoms with Crippen LogP contribution in [-0.4, -0.2) is 44.7 Å². The van der Waals surface area contributed by atoms with Crippen LogP contribution in [0.1, 0.15) is 36.8 Å². The van der Waals surface area contributed by atoms with Gasteiger partial charge in [0.05, 0.1) is 7.11 Å². The van der Waals surface area contributed by atoms with Crippen LogP contribution in [-0.2, 0) is 6.42 Å². The molecule has 0 N–H and O–H groups in total.